The van der Waals surface area contributed by atoms with E-state index < -0.39 is 0 Å². The third-order valence-corrected chi connectivity index (χ3v) is 4.81. The van der Waals surface area contributed by atoms with Crippen LogP contribution in [0.1, 0.15) is 17.2 Å². The summed E-state index contributed by atoms with van der Waals surface area (Å²) in [6.45, 7) is 2.11. The number of aromatic nitrogens is 1. The van der Waals surface area contributed by atoms with Gasteiger partial charge in [0.2, 0.25) is 0 Å². The van der Waals surface area contributed by atoms with Crippen molar-refractivity contribution in [1.82, 2.24) is 4.98 Å². The van der Waals surface area contributed by atoms with E-state index in [1.54, 1.807) is 11.3 Å². The molecule has 0 spiro atoms. The van der Waals surface area contributed by atoms with Gasteiger partial charge in [0.05, 0.1) is 17.7 Å². The summed E-state index contributed by atoms with van der Waals surface area (Å²) in [5.74, 6) is 0.759. The van der Waals surface area contributed by atoms with Gasteiger partial charge in [0.25, 0.3) is 0 Å². The summed E-state index contributed by atoms with van der Waals surface area (Å²) < 4.78 is 5.89. The lowest BCUT2D eigenvalue weighted by Gasteiger charge is -2.34. The molecular weight excluding hydrogens is 306 g/mol. The Labute approximate surface area is 138 Å². The van der Waals surface area contributed by atoms with Gasteiger partial charge in [0.1, 0.15) is 18.0 Å². The highest BCUT2D eigenvalue weighted by Crippen LogP contribution is 2.29. The van der Waals surface area contributed by atoms with Crippen LogP contribution in [0.25, 0.3) is 10.9 Å². The number of morpholine rings is 1. The van der Waals surface area contributed by atoms with E-state index in [2.05, 4.69) is 27.8 Å². The molecule has 5 heteroatoms. The van der Waals surface area contributed by atoms with Crippen LogP contribution in [-0.4, -0.2) is 24.7 Å². The minimum atomic E-state index is 0.0369. The topological polar surface area (TPSA) is 49.2 Å². The van der Waals surface area contributed by atoms with Gasteiger partial charge in [-0.15, -0.1) is 0 Å². The molecule has 0 bridgehead atoms. The highest BCUT2D eigenvalue weighted by molar-refractivity contribution is 7.07. The molecule has 0 radical (unpaired) electrons. The molecule has 2 aromatic heterocycles. The molecule has 1 aliphatic rings. The van der Waals surface area contributed by atoms with Crippen molar-refractivity contribution in [3.8, 4) is 6.07 Å². The van der Waals surface area contributed by atoms with Crippen LogP contribution in [0.5, 0.6) is 0 Å². The van der Waals surface area contributed by atoms with E-state index in [4.69, 9.17) is 9.72 Å². The van der Waals surface area contributed by atoms with E-state index in [1.807, 2.05) is 30.3 Å². The van der Waals surface area contributed by atoms with E-state index in [1.165, 1.54) is 5.56 Å². The molecule has 0 aliphatic carbocycles. The van der Waals surface area contributed by atoms with Gasteiger partial charge in [-0.1, -0.05) is 18.2 Å². The Bertz CT molecular complexity index is 870. The quantitative estimate of drug-likeness (QED) is 0.721. The smallest absolute Gasteiger partial charge is 0.147 e. The van der Waals surface area contributed by atoms with Crippen LogP contribution in [0.15, 0.2) is 47.2 Å². The second kappa shape index (κ2) is 5.99. The lowest BCUT2D eigenvalue weighted by Crippen LogP contribution is -2.39. The van der Waals surface area contributed by atoms with Crippen LogP contribution in [0.2, 0.25) is 0 Å². The SMILES string of the molecule is N#Cc1cc2ccccc2nc1N1CCOC(c2ccsc2)C1. The van der Waals surface area contributed by atoms with Crippen molar-refractivity contribution in [2.75, 3.05) is 24.6 Å². The molecule has 114 valence electrons. The van der Waals surface area contributed by atoms with Crippen molar-refractivity contribution >= 4 is 28.1 Å². The predicted molar refractivity (Wildman–Crippen MR) is 91.7 cm³/mol. The zero-order valence-electron chi connectivity index (χ0n) is 12.5. The minimum absolute atomic E-state index is 0.0369. The standard InChI is InChI=1S/C18H15N3OS/c19-10-15-9-13-3-1-2-4-16(13)20-18(15)21-6-7-22-17(11-21)14-5-8-23-12-14/h1-5,8-9,12,17H,6-7,11H2. The van der Waals surface area contributed by atoms with Gasteiger partial charge in [-0.25, -0.2) is 4.98 Å². The number of benzene rings is 1. The van der Waals surface area contributed by atoms with Crippen LogP contribution in [0.4, 0.5) is 5.82 Å². The highest BCUT2D eigenvalue weighted by Gasteiger charge is 2.25. The van der Waals surface area contributed by atoms with Gasteiger partial charge in [-0.05, 0) is 34.5 Å². The van der Waals surface area contributed by atoms with Crippen LogP contribution < -0.4 is 4.90 Å². The Morgan fingerprint density at radius 3 is 3.04 bits per heavy atom. The van der Waals surface area contributed by atoms with Gasteiger partial charge in [0, 0.05) is 18.5 Å². The van der Waals surface area contributed by atoms with Crippen LogP contribution in [0.3, 0.4) is 0 Å². The monoisotopic (exact) mass is 321 g/mol. The van der Waals surface area contributed by atoms with Crippen molar-refractivity contribution < 1.29 is 4.74 Å². The predicted octanol–water partition coefficient (Wildman–Crippen LogP) is 3.75. The average molecular weight is 321 g/mol. The van der Waals surface area contributed by atoms with Crippen molar-refractivity contribution in [3.05, 3.63) is 58.3 Å². The van der Waals surface area contributed by atoms with Gasteiger partial charge in [-0.3, -0.25) is 0 Å². The molecule has 0 N–H and O–H groups in total. The summed E-state index contributed by atoms with van der Waals surface area (Å²) in [5.41, 5.74) is 2.73. The number of hydrogen-bond acceptors (Lipinski definition) is 5. The first-order valence-corrected chi connectivity index (χ1v) is 8.48. The van der Waals surface area contributed by atoms with E-state index in [-0.39, 0.29) is 6.10 Å². The largest absolute Gasteiger partial charge is 0.370 e. The zero-order chi connectivity index (χ0) is 15.6. The molecule has 23 heavy (non-hydrogen) atoms. The van der Waals surface area contributed by atoms with E-state index >= 15 is 0 Å². The molecule has 4 rings (SSSR count). The number of nitrogens with zero attached hydrogens (tertiary/aromatic N) is 3. The number of ether oxygens (including phenoxy) is 1. The molecule has 0 amide bonds. The molecule has 1 unspecified atom stereocenters. The van der Waals surface area contributed by atoms with E-state index in [0.717, 1.165) is 29.8 Å². The van der Waals surface area contributed by atoms with Crippen molar-refractivity contribution in [3.63, 3.8) is 0 Å². The number of nitriles is 1. The van der Waals surface area contributed by atoms with Crippen LogP contribution >= 0.6 is 11.3 Å². The van der Waals surface area contributed by atoms with E-state index in [0.29, 0.717) is 12.2 Å². The van der Waals surface area contributed by atoms with Gasteiger partial charge < -0.3 is 9.64 Å². The average Bonchev–Trinajstić information content (AvgIpc) is 3.15. The number of pyridine rings is 1. The number of anilines is 1. The number of fused-ring (bicyclic) bond motifs is 1. The fourth-order valence-electron chi connectivity index (χ4n) is 2.93. The van der Waals surface area contributed by atoms with Crippen molar-refractivity contribution in [2.24, 2.45) is 0 Å². The first-order chi connectivity index (χ1) is 11.3. The minimum Gasteiger partial charge on any atom is -0.370 e. The van der Waals surface area contributed by atoms with Gasteiger partial charge in [-0.2, -0.15) is 16.6 Å². The van der Waals surface area contributed by atoms with E-state index in [9.17, 15) is 5.26 Å². The number of thiophene rings is 1. The molecular formula is C18H15N3OS. The molecule has 0 saturated carbocycles. The Morgan fingerprint density at radius 2 is 2.22 bits per heavy atom. The molecule has 4 nitrogen and oxygen atoms in total. The summed E-state index contributed by atoms with van der Waals surface area (Å²) in [7, 11) is 0. The summed E-state index contributed by atoms with van der Waals surface area (Å²) in [5, 5.41) is 14.7. The fourth-order valence-corrected chi connectivity index (χ4v) is 3.63. The summed E-state index contributed by atoms with van der Waals surface area (Å²) >= 11 is 1.67. The van der Waals surface area contributed by atoms with Crippen LogP contribution in [0, 0.1) is 11.3 Å². The first-order valence-electron chi connectivity index (χ1n) is 7.53. The second-order valence-corrected chi connectivity index (χ2v) is 6.31. The summed E-state index contributed by atoms with van der Waals surface area (Å²) in [6.07, 6.45) is 0.0369. The molecule has 1 aromatic carbocycles. The third kappa shape index (κ3) is 2.67. The molecule has 1 fully saturated rings. The maximum atomic E-state index is 9.51. The first kappa shape index (κ1) is 14.2. The number of hydrogen-bond donors (Lipinski definition) is 0. The normalized spacial score (nSPS) is 18.0. The van der Waals surface area contributed by atoms with Crippen molar-refractivity contribution in [2.45, 2.75) is 6.10 Å². The van der Waals surface area contributed by atoms with Crippen LogP contribution in [-0.2, 0) is 4.74 Å². The summed E-state index contributed by atoms with van der Waals surface area (Å²) in [4.78, 5) is 6.90. The lowest BCUT2D eigenvalue weighted by atomic mass is 10.1. The number of para-hydroxylation sites is 1. The Balaban J connectivity index is 1.71. The Kier molecular flexibility index (Phi) is 3.70. The Morgan fingerprint density at radius 1 is 1.30 bits per heavy atom. The second-order valence-electron chi connectivity index (χ2n) is 5.53. The molecule has 3 aromatic rings. The maximum absolute atomic E-state index is 9.51. The highest BCUT2D eigenvalue weighted by atomic mass is 32.1. The fraction of sp³-hybridized carbons (Fsp3) is 0.222. The molecule has 1 aliphatic heterocycles. The molecule has 1 atom stereocenters. The lowest BCUT2D eigenvalue weighted by molar-refractivity contribution is 0.0398. The van der Waals surface area contributed by atoms with Crippen molar-refractivity contribution in [1.29, 1.82) is 5.26 Å². The van der Waals surface area contributed by atoms with Gasteiger partial charge in [0.15, 0.2) is 0 Å². The summed E-state index contributed by atoms with van der Waals surface area (Å²) in [6, 6.07) is 14.2. The maximum Gasteiger partial charge on any atom is 0.147 e. The number of rotatable bonds is 2. The van der Waals surface area contributed by atoms with Gasteiger partial charge >= 0.3 is 0 Å². The zero-order valence-corrected chi connectivity index (χ0v) is 13.3. The third-order valence-electron chi connectivity index (χ3n) is 4.11. The Hall–Kier alpha value is -2.42. The molecule has 3 heterocycles. The molecule has 1 saturated heterocycles.